The fourth-order valence-corrected chi connectivity index (χ4v) is 10.7. The van der Waals surface area contributed by atoms with Crippen molar-refractivity contribution in [3.05, 3.63) is 101 Å². The van der Waals surface area contributed by atoms with Gasteiger partial charge in [0.15, 0.2) is 17.0 Å². The maximum atomic E-state index is 16.0. The largest absolute Gasteiger partial charge is 0.369 e. The van der Waals surface area contributed by atoms with E-state index in [2.05, 4.69) is 52.5 Å². The predicted molar refractivity (Wildman–Crippen MR) is 250 cm³/mol. The molecule has 0 spiro atoms. The highest BCUT2D eigenvalue weighted by atomic mass is 32.1. The molecule has 0 saturated carbocycles. The number of carbonyl (C=O) groups excluding carboxylic acids is 4. The van der Waals surface area contributed by atoms with Gasteiger partial charge in [-0.15, -0.1) is 11.3 Å². The van der Waals surface area contributed by atoms with Crippen LogP contribution < -0.4 is 25.3 Å². The second kappa shape index (κ2) is 17.4. The summed E-state index contributed by atoms with van der Waals surface area (Å²) in [7, 11) is 1.88. The zero-order chi connectivity index (χ0) is 45.9. The Morgan fingerprint density at radius 1 is 0.896 bits per heavy atom. The smallest absolute Gasteiger partial charge is 0.255 e. The molecule has 3 aromatic carbocycles. The molecule has 3 fully saturated rings. The lowest BCUT2D eigenvalue weighted by atomic mass is 9.99. The van der Waals surface area contributed by atoms with Crippen molar-refractivity contribution in [2.24, 2.45) is 7.05 Å². The molecule has 2 atom stereocenters. The fourth-order valence-electron chi connectivity index (χ4n) is 10.2. The Balaban J connectivity index is 0.690. The Bertz CT molecular complexity index is 2890. The zero-order valence-electron chi connectivity index (χ0n) is 37.0. The van der Waals surface area contributed by atoms with Crippen LogP contribution >= 0.6 is 11.3 Å². The Morgan fingerprint density at radius 2 is 1.66 bits per heavy atom. The lowest BCUT2D eigenvalue weighted by molar-refractivity contribution is -0.132. The molecule has 5 aliphatic heterocycles. The Morgan fingerprint density at radius 3 is 2.42 bits per heavy atom. The molecule has 67 heavy (non-hydrogen) atoms. The fraction of sp³-hybridized carbons (Fsp3) is 0.383. The summed E-state index contributed by atoms with van der Waals surface area (Å²) in [6.45, 7) is 7.11. The quantitative estimate of drug-likeness (QED) is 0.183. The van der Waals surface area contributed by atoms with E-state index < -0.39 is 30.0 Å². The van der Waals surface area contributed by atoms with Gasteiger partial charge in [-0.05, 0) is 66.4 Å². The first-order valence-corrected chi connectivity index (χ1v) is 23.6. The van der Waals surface area contributed by atoms with Crippen molar-refractivity contribution in [1.29, 1.82) is 0 Å². The number of thiazole rings is 1. The summed E-state index contributed by atoms with van der Waals surface area (Å²) in [6, 6.07) is 16.2. The molecule has 3 N–H and O–H groups in total. The van der Waals surface area contributed by atoms with Crippen LogP contribution in [0.5, 0.6) is 0 Å². The number of nitrogens with zero attached hydrogens (tertiary/aromatic N) is 11. The van der Waals surface area contributed by atoms with Crippen LogP contribution in [-0.2, 0) is 40.9 Å². The van der Waals surface area contributed by atoms with Crippen molar-refractivity contribution in [2.45, 2.75) is 44.7 Å². The molecule has 346 valence electrons. The number of benzene rings is 3. The van der Waals surface area contributed by atoms with Gasteiger partial charge in [0, 0.05) is 124 Å². The van der Waals surface area contributed by atoms with E-state index >= 15 is 4.39 Å². The average molecular weight is 928 g/mol. The summed E-state index contributed by atoms with van der Waals surface area (Å²) in [5, 5.41) is 23.6. The molecule has 5 aliphatic rings. The predicted octanol–water partition coefficient (Wildman–Crippen LogP) is 3.39. The van der Waals surface area contributed by atoms with Crippen LogP contribution in [0.1, 0.15) is 46.2 Å². The van der Waals surface area contributed by atoms with Crippen molar-refractivity contribution in [2.75, 3.05) is 85.5 Å². The van der Waals surface area contributed by atoms with Crippen LogP contribution in [0.2, 0.25) is 0 Å². The molecule has 0 bridgehead atoms. The first kappa shape index (κ1) is 42.7. The Labute approximate surface area is 389 Å². The number of fused-ring (bicyclic) bond motifs is 3. The van der Waals surface area contributed by atoms with E-state index in [-0.39, 0.29) is 35.9 Å². The molecule has 2 unspecified atom stereocenters. The molecule has 20 heteroatoms. The number of carbonyl (C=O) groups is 4. The third-order valence-electron chi connectivity index (χ3n) is 13.8. The van der Waals surface area contributed by atoms with Gasteiger partial charge >= 0.3 is 0 Å². The second-order valence-corrected chi connectivity index (χ2v) is 18.6. The average Bonchev–Trinajstić information content (AvgIpc) is 4.20. The third kappa shape index (κ3) is 8.01. The van der Waals surface area contributed by atoms with Gasteiger partial charge in [0.2, 0.25) is 18.2 Å². The summed E-state index contributed by atoms with van der Waals surface area (Å²) in [6.07, 6.45) is 4.13. The molecule has 4 amide bonds. The van der Waals surface area contributed by atoms with E-state index in [0.29, 0.717) is 61.5 Å². The first-order chi connectivity index (χ1) is 32.6. The molecule has 11 rings (SSSR count). The first-order valence-electron chi connectivity index (χ1n) is 22.8. The van der Waals surface area contributed by atoms with Gasteiger partial charge in [-0.2, -0.15) is 5.10 Å². The minimum absolute atomic E-state index is 0.0591. The third-order valence-corrected chi connectivity index (χ3v) is 14.5. The molecular formula is C47H50FN13O5S. The normalized spacial score (nSPS) is 19.3. The molecular weight excluding hydrogens is 878 g/mol. The van der Waals surface area contributed by atoms with E-state index in [1.165, 1.54) is 22.3 Å². The number of aliphatic hydroxyl groups excluding tert-OH is 1. The highest BCUT2D eigenvalue weighted by Crippen LogP contribution is 2.38. The number of anilines is 4. The lowest BCUT2D eigenvalue weighted by Crippen LogP contribution is -2.54. The van der Waals surface area contributed by atoms with Gasteiger partial charge in [-0.1, -0.05) is 12.1 Å². The van der Waals surface area contributed by atoms with Crippen molar-refractivity contribution in [1.82, 2.24) is 44.3 Å². The number of amides is 4. The number of nitrogens with one attached hydrogen (secondary N) is 2. The molecule has 3 saturated heterocycles. The number of aromatic nitrogens is 5. The Hall–Kier alpha value is -6.90. The van der Waals surface area contributed by atoms with Gasteiger partial charge < -0.3 is 39.5 Å². The summed E-state index contributed by atoms with van der Waals surface area (Å²) in [4.78, 5) is 73.9. The second-order valence-electron chi connectivity index (χ2n) is 17.7. The van der Waals surface area contributed by atoms with Crippen LogP contribution in [0.25, 0.3) is 22.0 Å². The van der Waals surface area contributed by atoms with E-state index in [9.17, 15) is 24.3 Å². The van der Waals surface area contributed by atoms with Crippen LogP contribution in [0.4, 0.5) is 26.7 Å². The molecule has 0 radical (unpaired) electrons. The van der Waals surface area contributed by atoms with Crippen molar-refractivity contribution >= 4 is 68.2 Å². The maximum absolute atomic E-state index is 16.0. The van der Waals surface area contributed by atoms with Crippen molar-refractivity contribution < 1.29 is 28.7 Å². The number of aliphatic hydroxyl groups is 1. The van der Waals surface area contributed by atoms with Gasteiger partial charge in [-0.3, -0.25) is 34.1 Å². The van der Waals surface area contributed by atoms with Crippen molar-refractivity contribution in [3.8, 4) is 11.1 Å². The number of halogens is 1. The highest BCUT2D eigenvalue weighted by molar-refractivity contribution is 7.13. The topological polar surface area (TPSA) is 181 Å². The maximum Gasteiger partial charge on any atom is 0.255 e. The van der Waals surface area contributed by atoms with E-state index in [4.69, 9.17) is 0 Å². The van der Waals surface area contributed by atoms with E-state index in [1.54, 1.807) is 33.6 Å². The molecule has 8 heterocycles. The monoisotopic (exact) mass is 927 g/mol. The summed E-state index contributed by atoms with van der Waals surface area (Å²) in [5.41, 5.74) is 6.23. The SMILES string of the molecule is Cn1nc(N2CCC(=O)NC2O)c2ccc(N3CCN(CC(=O)N4CCN(c5ccc(-c6cc(F)c7c(c6)C(=O)N(C(C(=O)Nc6nccs6)c6ncn8c6CCC8)C7)cc5)CC4)CC3)cc21. The number of imidazole rings is 1. The number of piperazine rings is 2. The number of hydrogen-bond acceptors (Lipinski definition) is 13. The van der Waals surface area contributed by atoms with Crippen LogP contribution in [0.15, 0.2) is 72.5 Å². The summed E-state index contributed by atoms with van der Waals surface area (Å²) in [5.74, 6) is -0.802. The van der Waals surface area contributed by atoms with Gasteiger partial charge in [0.1, 0.15) is 5.82 Å². The molecule has 0 aliphatic carbocycles. The number of hydrogen-bond donors (Lipinski definition) is 3. The van der Waals surface area contributed by atoms with Crippen LogP contribution in [0.3, 0.4) is 0 Å². The molecule has 3 aromatic heterocycles. The van der Waals surface area contributed by atoms with Crippen molar-refractivity contribution in [3.63, 3.8) is 0 Å². The summed E-state index contributed by atoms with van der Waals surface area (Å²) < 4.78 is 19.8. The van der Waals surface area contributed by atoms with Gasteiger partial charge in [-0.25, -0.2) is 14.4 Å². The highest BCUT2D eigenvalue weighted by Gasteiger charge is 2.42. The van der Waals surface area contributed by atoms with Gasteiger partial charge in [0.05, 0.1) is 30.6 Å². The minimum atomic E-state index is -1.12. The standard InChI is InChI=1S/C47H50FN13O5S/c1-54-38-25-32(8-9-33(38)43(53-54)60-13-10-39(62)51-47(60)66)57-16-14-55(15-17-57)27-40(63)58-20-18-56(19-21-58)31-6-4-29(5-7-31)30-23-34-35(36(48)24-30)26-61(45(34)65)42(44(64)52-46-49-11-22-67-46)41-37-3-2-12-59(37)28-50-41/h4-9,11,22-25,28,42,47,66H,2-3,10,12-21,26-27H2,1H3,(H,51,62)(H,49,52,64). The minimum Gasteiger partial charge on any atom is -0.369 e. The van der Waals surface area contributed by atoms with E-state index in [0.717, 1.165) is 79.1 Å². The van der Waals surface area contributed by atoms with Gasteiger partial charge in [0.25, 0.3) is 11.8 Å². The van der Waals surface area contributed by atoms with Crippen LogP contribution in [-0.4, -0.2) is 140 Å². The summed E-state index contributed by atoms with van der Waals surface area (Å²) >= 11 is 1.28. The Kier molecular flexibility index (Phi) is 11.1. The molecule has 6 aromatic rings. The number of aryl methyl sites for hydroxylation is 2. The van der Waals surface area contributed by atoms with E-state index in [1.807, 2.05) is 46.8 Å². The number of rotatable bonds is 10. The lowest BCUT2D eigenvalue weighted by Gasteiger charge is -2.39. The van der Waals surface area contributed by atoms with Crippen LogP contribution in [0, 0.1) is 5.82 Å². The molecule has 18 nitrogen and oxygen atoms in total. The zero-order valence-corrected chi connectivity index (χ0v) is 37.8.